The molecule has 1 aliphatic heterocycles. The molecule has 0 radical (unpaired) electrons. The van der Waals surface area contributed by atoms with Crippen LogP contribution in [0.1, 0.15) is 34.6 Å². The van der Waals surface area contributed by atoms with E-state index in [1.165, 1.54) is 0 Å². The maximum atomic E-state index is 11.7. The Hall–Kier alpha value is -1.03. The third-order valence-corrected chi connectivity index (χ3v) is 2.27. The number of hydrogen-bond acceptors (Lipinski definition) is 4. The molecule has 0 aromatic heterocycles. The Kier molecular flexibility index (Phi) is 3.63. The van der Waals surface area contributed by atoms with Gasteiger partial charge in [-0.25, -0.2) is 4.79 Å². The van der Waals surface area contributed by atoms with Crippen molar-refractivity contribution >= 4 is 5.97 Å². The Morgan fingerprint density at radius 2 is 2.06 bits per heavy atom. The molecule has 0 saturated heterocycles. The fourth-order valence-corrected chi connectivity index (χ4v) is 1.55. The highest BCUT2D eigenvalue weighted by molar-refractivity contribution is 5.87. The van der Waals surface area contributed by atoms with Crippen LogP contribution in [0, 0.1) is 5.92 Å². The standard InChI is InChI=1S/C12H21NO3/c1-8(2)9-7-10(16-13(9)6)11(14)15-12(3,4)5/h7-9H,1-6H3. The first-order chi connectivity index (χ1) is 7.20. The van der Waals surface area contributed by atoms with Gasteiger partial charge in [0, 0.05) is 7.05 Å². The van der Waals surface area contributed by atoms with Crippen molar-refractivity contribution in [2.24, 2.45) is 5.92 Å². The quantitative estimate of drug-likeness (QED) is 0.677. The van der Waals surface area contributed by atoms with Crippen LogP contribution in [0.5, 0.6) is 0 Å². The van der Waals surface area contributed by atoms with Gasteiger partial charge in [-0.2, -0.15) is 0 Å². The van der Waals surface area contributed by atoms with Crippen LogP contribution in [0.15, 0.2) is 11.8 Å². The minimum atomic E-state index is -0.490. The molecule has 92 valence electrons. The number of esters is 1. The second kappa shape index (κ2) is 4.45. The summed E-state index contributed by atoms with van der Waals surface area (Å²) in [6, 6.07) is 0.127. The Balaban J connectivity index is 2.69. The van der Waals surface area contributed by atoms with Crippen LogP contribution in [0.25, 0.3) is 0 Å². The summed E-state index contributed by atoms with van der Waals surface area (Å²) in [4.78, 5) is 17.1. The number of carbonyl (C=O) groups excluding carboxylic acids is 1. The van der Waals surface area contributed by atoms with Gasteiger partial charge in [-0.15, -0.1) is 5.06 Å². The molecule has 1 atom stereocenters. The monoisotopic (exact) mass is 227 g/mol. The van der Waals surface area contributed by atoms with Gasteiger partial charge in [0.05, 0.1) is 6.04 Å². The summed E-state index contributed by atoms with van der Waals surface area (Å²) >= 11 is 0. The molecule has 4 heteroatoms. The average molecular weight is 227 g/mol. The van der Waals surface area contributed by atoms with E-state index in [4.69, 9.17) is 9.57 Å². The van der Waals surface area contributed by atoms with Crippen molar-refractivity contribution in [2.75, 3.05) is 7.05 Å². The molecular formula is C12H21NO3. The highest BCUT2D eigenvalue weighted by atomic mass is 16.7. The summed E-state index contributed by atoms with van der Waals surface area (Å²) in [6.45, 7) is 9.68. The van der Waals surface area contributed by atoms with E-state index in [1.54, 1.807) is 5.06 Å². The van der Waals surface area contributed by atoms with Crippen molar-refractivity contribution in [1.82, 2.24) is 5.06 Å². The first kappa shape index (κ1) is 13.0. The molecule has 0 aromatic carbocycles. The Labute approximate surface area is 97.2 Å². The first-order valence-corrected chi connectivity index (χ1v) is 5.56. The van der Waals surface area contributed by atoms with Gasteiger partial charge >= 0.3 is 5.97 Å². The maximum absolute atomic E-state index is 11.7. The number of ether oxygens (including phenoxy) is 1. The van der Waals surface area contributed by atoms with E-state index in [1.807, 2.05) is 33.9 Å². The van der Waals surface area contributed by atoms with E-state index in [0.29, 0.717) is 5.92 Å². The SMILES string of the molecule is CC(C)C1C=C(C(=O)OC(C)(C)C)ON1C. The molecule has 4 nitrogen and oxygen atoms in total. The van der Waals surface area contributed by atoms with Crippen molar-refractivity contribution in [1.29, 1.82) is 0 Å². The largest absolute Gasteiger partial charge is 0.454 e. The summed E-state index contributed by atoms with van der Waals surface area (Å²) in [5.74, 6) is 0.281. The van der Waals surface area contributed by atoms with Gasteiger partial charge in [0.2, 0.25) is 5.76 Å². The van der Waals surface area contributed by atoms with Crippen LogP contribution < -0.4 is 0 Å². The Morgan fingerprint density at radius 1 is 1.50 bits per heavy atom. The molecule has 0 aromatic rings. The molecule has 1 aliphatic rings. The lowest BCUT2D eigenvalue weighted by Gasteiger charge is -2.21. The normalized spacial score (nSPS) is 21.9. The summed E-state index contributed by atoms with van der Waals surface area (Å²) in [7, 11) is 1.82. The van der Waals surface area contributed by atoms with Crippen LogP contribution >= 0.6 is 0 Å². The predicted octanol–water partition coefficient (Wildman–Crippen LogP) is 2.11. The van der Waals surface area contributed by atoms with Crippen molar-refractivity contribution in [3.05, 3.63) is 11.8 Å². The molecule has 0 bridgehead atoms. The molecule has 1 heterocycles. The minimum Gasteiger partial charge on any atom is -0.454 e. The van der Waals surface area contributed by atoms with E-state index in [9.17, 15) is 4.79 Å². The number of rotatable bonds is 2. The Morgan fingerprint density at radius 3 is 2.44 bits per heavy atom. The number of carbonyl (C=O) groups is 1. The third-order valence-electron chi connectivity index (χ3n) is 2.27. The van der Waals surface area contributed by atoms with Gasteiger partial charge in [-0.1, -0.05) is 13.8 Å². The molecule has 0 amide bonds. The highest BCUT2D eigenvalue weighted by Gasteiger charge is 2.32. The zero-order valence-corrected chi connectivity index (χ0v) is 10.9. The summed E-state index contributed by atoms with van der Waals surface area (Å²) < 4.78 is 5.24. The maximum Gasteiger partial charge on any atom is 0.376 e. The van der Waals surface area contributed by atoms with Gasteiger partial charge in [-0.05, 0) is 32.8 Å². The second-order valence-corrected chi connectivity index (χ2v) is 5.40. The molecule has 0 saturated carbocycles. The smallest absolute Gasteiger partial charge is 0.376 e. The lowest BCUT2D eigenvalue weighted by molar-refractivity contribution is -0.165. The number of likely N-dealkylation sites (N-methyl/N-ethyl adjacent to an activating group) is 1. The fraction of sp³-hybridized carbons (Fsp3) is 0.750. The zero-order valence-electron chi connectivity index (χ0n) is 10.9. The zero-order chi connectivity index (χ0) is 12.5. The molecule has 0 N–H and O–H groups in total. The molecule has 16 heavy (non-hydrogen) atoms. The van der Waals surface area contributed by atoms with Gasteiger partial charge in [0.1, 0.15) is 5.60 Å². The van der Waals surface area contributed by atoms with Gasteiger partial charge in [0.25, 0.3) is 0 Å². The molecule has 0 spiro atoms. The van der Waals surface area contributed by atoms with Crippen molar-refractivity contribution in [3.63, 3.8) is 0 Å². The first-order valence-electron chi connectivity index (χ1n) is 5.56. The lowest BCUT2D eigenvalue weighted by atomic mass is 10.0. The Bertz CT molecular complexity index is 302. The number of hydroxylamine groups is 2. The molecular weight excluding hydrogens is 206 g/mol. The number of hydrogen-bond donors (Lipinski definition) is 0. The highest BCUT2D eigenvalue weighted by Crippen LogP contribution is 2.24. The summed E-state index contributed by atoms with van der Waals surface area (Å²) in [5, 5.41) is 1.68. The van der Waals surface area contributed by atoms with E-state index < -0.39 is 11.6 Å². The molecule has 1 rings (SSSR count). The van der Waals surface area contributed by atoms with Crippen LogP contribution in [-0.2, 0) is 14.4 Å². The number of nitrogens with zero attached hydrogens (tertiary/aromatic N) is 1. The van der Waals surface area contributed by atoms with E-state index in [2.05, 4.69) is 13.8 Å². The van der Waals surface area contributed by atoms with E-state index >= 15 is 0 Å². The van der Waals surface area contributed by atoms with Crippen LogP contribution in [0.4, 0.5) is 0 Å². The second-order valence-electron chi connectivity index (χ2n) is 5.40. The molecule has 1 unspecified atom stereocenters. The van der Waals surface area contributed by atoms with Crippen molar-refractivity contribution in [3.8, 4) is 0 Å². The van der Waals surface area contributed by atoms with Crippen LogP contribution in [-0.4, -0.2) is 29.7 Å². The predicted molar refractivity (Wildman–Crippen MR) is 61.4 cm³/mol. The van der Waals surface area contributed by atoms with Gasteiger partial charge < -0.3 is 9.57 Å². The van der Waals surface area contributed by atoms with Crippen molar-refractivity contribution < 1.29 is 14.4 Å². The topological polar surface area (TPSA) is 38.8 Å². The average Bonchev–Trinajstić information content (AvgIpc) is 2.44. The molecule has 0 aliphatic carbocycles. The lowest BCUT2D eigenvalue weighted by Crippen LogP contribution is -2.29. The summed E-state index contributed by atoms with van der Waals surface area (Å²) in [6.07, 6.45) is 1.82. The van der Waals surface area contributed by atoms with Gasteiger partial charge in [-0.3, -0.25) is 0 Å². The fourth-order valence-electron chi connectivity index (χ4n) is 1.55. The summed E-state index contributed by atoms with van der Waals surface area (Å²) in [5.41, 5.74) is -0.490. The van der Waals surface area contributed by atoms with E-state index in [0.717, 1.165) is 0 Å². The van der Waals surface area contributed by atoms with Crippen LogP contribution in [0.3, 0.4) is 0 Å². The minimum absolute atomic E-state index is 0.127. The van der Waals surface area contributed by atoms with Gasteiger partial charge in [0.15, 0.2) is 0 Å². The third kappa shape index (κ3) is 3.23. The molecule has 0 fully saturated rings. The van der Waals surface area contributed by atoms with Crippen LogP contribution in [0.2, 0.25) is 0 Å². The van der Waals surface area contributed by atoms with E-state index in [-0.39, 0.29) is 11.8 Å². The van der Waals surface area contributed by atoms with Crippen molar-refractivity contribution in [2.45, 2.75) is 46.3 Å².